The Morgan fingerprint density at radius 2 is 1.63 bits per heavy atom. The summed E-state index contributed by atoms with van der Waals surface area (Å²) in [6, 6.07) is 9.38. The zero-order valence-corrected chi connectivity index (χ0v) is 19.6. The lowest BCUT2D eigenvalue weighted by molar-refractivity contribution is 0.472. The lowest BCUT2D eigenvalue weighted by Crippen LogP contribution is -2.05. The lowest BCUT2D eigenvalue weighted by Gasteiger charge is -2.15. The summed E-state index contributed by atoms with van der Waals surface area (Å²) in [6.07, 6.45) is 0. The Bertz CT molecular complexity index is 814. The first-order chi connectivity index (χ1) is 11.9. The van der Waals surface area contributed by atoms with Crippen molar-refractivity contribution in [1.29, 1.82) is 10.8 Å². The van der Waals surface area contributed by atoms with Crippen molar-refractivity contribution in [2.45, 2.75) is 11.5 Å². The molecule has 27 heavy (non-hydrogen) atoms. The van der Waals surface area contributed by atoms with Crippen LogP contribution in [0.5, 0.6) is 11.5 Å². The molecule has 0 saturated heterocycles. The third-order valence-electron chi connectivity index (χ3n) is 3.07. The maximum absolute atomic E-state index is 13.6. The Morgan fingerprint density at radius 3 is 2.26 bits per heavy atom. The molecule has 0 heterocycles. The van der Waals surface area contributed by atoms with Crippen LogP contribution in [0.3, 0.4) is 0 Å². The predicted octanol–water partition coefficient (Wildman–Crippen LogP) is 5.68. The third kappa shape index (κ3) is 8.30. The predicted molar refractivity (Wildman–Crippen MR) is 125 cm³/mol. The highest BCUT2D eigenvalue weighted by molar-refractivity contribution is 8.93. The molecule has 0 atom stereocenters. The van der Waals surface area contributed by atoms with Gasteiger partial charge in [-0.1, -0.05) is 41.2 Å². The number of nitrogens with two attached hydrogens (primary N) is 2. The zero-order chi connectivity index (χ0) is 18.4. The van der Waals surface area contributed by atoms with Crippen LogP contribution in [0.1, 0.15) is 11.1 Å². The summed E-state index contributed by atoms with van der Waals surface area (Å²) in [7, 11) is 0. The van der Waals surface area contributed by atoms with Crippen molar-refractivity contribution in [2.24, 2.45) is 11.5 Å². The van der Waals surface area contributed by atoms with E-state index in [0.717, 1.165) is 23.5 Å². The van der Waals surface area contributed by atoms with Crippen molar-refractivity contribution in [1.82, 2.24) is 0 Å². The standard InChI is InChI=1S/C16H16ClFN4OS2.2BrH/c17-12-2-1-3-14(11(12)8-25-16(21)22)23-13-5-4-10(18)6-9(13)7-24-15(19)20;;/h1-6H,7-8H2,(H3,19,20)(H3,21,22);2*1H. The van der Waals surface area contributed by atoms with E-state index in [0.29, 0.717) is 39.2 Å². The molecule has 0 bridgehead atoms. The summed E-state index contributed by atoms with van der Waals surface area (Å²) in [5.74, 6) is 1.24. The highest BCUT2D eigenvalue weighted by Gasteiger charge is 2.13. The summed E-state index contributed by atoms with van der Waals surface area (Å²) in [6.45, 7) is 0. The van der Waals surface area contributed by atoms with Crippen molar-refractivity contribution >= 4 is 79.4 Å². The second-order valence-corrected chi connectivity index (χ2v) is 7.32. The maximum atomic E-state index is 13.6. The van der Waals surface area contributed by atoms with E-state index in [-0.39, 0.29) is 44.3 Å². The molecule has 148 valence electrons. The molecule has 0 spiro atoms. The largest absolute Gasteiger partial charge is 0.457 e. The summed E-state index contributed by atoms with van der Waals surface area (Å²) in [5.41, 5.74) is 12.0. The van der Waals surface area contributed by atoms with E-state index >= 15 is 0 Å². The SMILES string of the molecule is Br.Br.N=C(N)SCc1cc(F)ccc1Oc1cccc(Cl)c1CSC(=N)N. The molecule has 11 heteroatoms. The Morgan fingerprint density at radius 1 is 1.00 bits per heavy atom. The quantitative estimate of drug-likeness (QED) is 0.269. The van der Waals surface area contributed by atoms with Gasteiger partial charge >= 0.3 is 0 Å². The highest BCUT2D eigenvalue weighted by Crippen LogP contribution is 2.35. The molecule has 0 unspecified atom stereocenters. The van der Waals surface area contributed by atoms with E-state index in [1.54, 1.807) is 18.2 Å². The number of benzene rings is 2. The molecule has 0 amide bonds. The van der Waals surface area contributed by atoms with Crippen LogP contribution in [-0.2, 0) is 11.5 Å². The molecule has 2 rings (SSSR count). The van der Waals surface area contributed by atoms with Crippen molar-refractivity contribution in [3.8, 4) is 11.5 Å². The Balaban J connectivity index is 0.00000338. The van der Waals surface area contributed by atoms with Gasteiger partial charge in [-0.15, -0.1) is 34.0 Å². The second-order valence-electron chi connectivity index (χ2n) is 4.88. The second kappa shape index (κ2) is 12.5. The zero-order valence-electron chi connectivity index (χ0n) is 13.8. The van der Waals surface area contributed by atoms with Crippen molar-refractivity contribution < 1.29 is 9.13 Å². The van der Waals surface area contributed by atoms with E-state index in [1.807, 2.05) is 0 Å². The van der Waals surface area contributed by atoms with Gasteiger partial charge in [-0.05, 0) is 30.3 Å². The van der Waals surface area contributed by atoms with Crippen LogP contribution >= 0.6 is 69.1 Å². The molecule has 2 aromatic carbocycles. The van der Waals surface area contributed by atoms with Gasteiger partial charge in [0.25, 0.3) is 0 Å². The van der Waals surface area contributed by atoms with E-state index in [1.165, 1.54) is 18.2 Å². The van der Waals surface area contributed by atoms with Crippen LogP contribution in [0.25, 0.3) is 0 Å². The molecular formula is C16H18Br2ClFN4OS2. The molecule has 0 aliphatic carbocycles. The average Bonchev–Trinajstić information content (AvgIpc) is 2.54. The van der Waals surface area contributed by atoms with Crippen LogP contribution in [0, 0.1) is 16.6 Å². The molecule has 2 aromatic rings. The van der Waals surface area contributed by atoms with E-state index < -0.39 is 5.82 Å². The van der Waals surface area contributed by atoms with Crippen molar-refractivity contribution in [3.05, 3.63) is 58.4 Å². The van der Waals surface area contributed by atoms with Gasteiger partial charge in [0.1, 0.15) is 17.3 Å². The number of nitrogens with one attached hydrogen (secondary N) is 2. The van der Waals surface area contributed by atoms with Crippen molar-refractivity contribution in [2.75, 3.05) is 0 Å². The lowest BCUT2D eigenvalue weighted by atomic mass is 10.2. The number of hydrogen-bond acceptors (Lipinski definition) is 5. The highest BCUT2D eigenvalue weighted by atomic mass is 79.9. The molecule has 5 nitrogen and oxygen atoms in total. The van der Waals surface area contributed by atoms with Crippen LogP contribution in [-0.4, -0.2) is 10.3 Å². The molecular weight excluding hydrogens is 543 g/mol. The summed E-state index contributed by atoms with van der Waals surface area (Å²) in [5, 5.41) is 15.1. The number of hydrogen-bond donors (Lipinski definition) is 4. The minimum Gasteiger partial charge on any atom is -0.457 e. The fraction of sp³-hybridized carbons (Fsp3) is 0.125. The third-order valence-corrected chi connectivity index (χ3v) is 4.94. The van der Waals surface area contributed by atoms with E-state index in [4.69, 9.17) is 38.6 Å². The van der Waals surface area contributed by atoms with Gasteiger partial charge < -0.3 is 16.2 Å². The molecule has 0 saturated carbocycles. The normalized spacial score (nSPS) is 9.70. The fourth-order valence-corrected chi connectivity index (χ4v) is 3.40. The van der Waals surface area contributed by atoms with Gasteiger partial charge in [0, 0.05) is 27.7 Å². The van der Waals surface area contributed by atoms with Crippen LogP contribution in [0.2, 0.25) is 5.02 Å². The molecule has 0 radical (unpaired) electrons. The summed E-state index contributed by atoms with van der Waals surface area (Å²) >= 11 is 8.44. The fourth-order valence-electron chi connectivity index (χ4n) is 1.96. The average molecular weight is 561 g/mol. The molecule has 0 aromatic heterocycles. The number of ether oxygens (including phenoxy) is 1. The molecule has 0 fully saturated rings. The molecule has 6 N–H and O–H groups in total. The first-order valence-corrected chi connectivity index (χ1v) is 9.39. The van der Waals surface area contributed by atoms with Gasteiger partial charge in [0.2, 0.25) is 0 Å². The Kier molecular flexibility index (Phi) is 12.1. The van der Waals surface area contributed by atoms with Gasteiger partial charge in [0.05, 0.1) is 0 Å². The maximum Gasteiger partial charge on any atom is 0.151 e. The Hall–Kier alpha value is -0.940. The van der Waals surface area contributed by atoms with Crippen LogP contribution in [0.4, 0.5) is 4.39 Å². The Labute approximate surface area is 191 Å². The van der Waals surface area contributed by atoms with E-state index in [2.05, 4.69) is 0 Å². The van der Waals surface area contributed by atoms with E-state index in [9.17, 15) is 4.39 Å². The molecule has 0 aliphatic rings. The van der Waals surface area contributed by atoms with Gasteiger partial charge in [0.15, 0.2) is 10.3 Å². The van der Waals surface area contributed by atoms with Crippen molar-refractivity contribution in [3.63, 3.8) is 0 Å². The van der Waals surface area contributed by atoms with Crippen LogP contribution < -0.4 is 16.2 Å². The van der Waals surface area contributed by atoms with Gasteiger partial charge in [-0.25, -0.2) is 4.39 Å². The smallest absolute Gasteiger partial charge is 0.151 e. The number of amidine groups is 2. The minimum absolute atomic E-state index is 0. The summed E-state index contributed by atoms with van der Waals surface area (Å²) < 4.78 is 19.5. The van der Waals surface area contributed by atoms with Gasteiger partial charge in [-0.3, -0.25) is 10.8 Å². The van der Waals surface area contributed by atoms with Gasteiger partial charge in [-0.2, -0.15) is 0 Å². The number of thioether (sulfide) groups is 2. The number of halogens is 4. The van der Waals surface area contributed by atoms with Crippen LogP contribution in [0.15, 0.2) is 36.4 Å². The first kappa shape index (κ1) is 26.1. The number of rotatable bonds is 6. The summed E-state index contributed by atoms with van der Waals surface area (Å²) in [4.78, 5) is 0. The monoisotopic (exact) mass is 558 g/mol. The topological polar surface area (TPSA) is 109 Å². The first-order valence-electron chi connectivity index (χ1n) is 7.04. The minimum atomic E-state index is -0.398. The molecule has 0 aliphatic heterocycles.